The summed E-state index contributed by atoms with van der Waals surface area (Å²) in [4.78, 5) is 8.25. The van der Waals surface area contributed by atoms with E-state index in [0.29, 0.717) is 12.5 Å². The van der Waals surface area contributed by atoms with E-state index >= 15 is 0 Å². The zero-order valence-electron chi connectivity index (χ0n) is 11.8. The summed E-state index contributed by atoms with van der Waals surface area (Å²) in [6.45, 7) is 3.67. The quantitative estimate of drug-likeness (QED) is 0.881. The first-order valence-electron chi connectivity index (χ1n) is 6.92. The average molecular weight is 287 g/mol. The Morgan fingerprint density at radius 2 is 2.10 bits per heavy atom. The Morgan fingerprint density at radius 1 is 1.19 bits per heavy atom. The van der Waals surface area contributed by atoms with Crippen LogP contribution in [0.15, 0.2) is 30.6 Å². The predicted molar refractivity (Wildman–Crippen MR) is 77.7 cm³/mol. The molecule has 0 saturated carbocycles. The summed E-state index contributed by atoms with van der Waals surface area (Å²) in [5.41, 5.74) is 1.00. The molecule has 0 amide bonds. The van der Waals surface area contributed by atoms with Gasteiger partial charge < -0.3 is 19.5 Å². The van der Waals surface area contributed by atoms with Crippen molar-refractivity contribution in [1.82, 2.24) is 9.97 Å². The topological polar surface area (TPSA) is 65.5 Å². The van der Waals surface area contributed by atoms with Crippen LogP contribution in [0.2, 0.25) is 0 Å². The average Bonchev–Trinajstić information content (AvgIpc) is 2.99. The molecular weight excluding hydrogens is 270 g/mol. The molecule has 0 saturated heterocycles. The molecule has 0 unspecified atom stereocenters. The van der Waals surface area contributed by atoms with Crippen molar-refractivity contribution in [2.24, 2.45) is 0 Å². The van der Waals surface area contributed by atoms with E-state index in [4.69, 9.17) is 14.2 Å². The van der Waals surface area contributed by atoms with Crippen LogP contribution >= 0.6 is 0 Å². The van der Waals surface area contributed by atoms with Gasteiger partial charge in [0.15, 0.2) is 11.5 Å². The number of rotatable bonds is 6. The summed E-state index contributed by atoms with van der Waals surface area (Å²) in [6.07, 6.45) is 2.53. The minimum atomic E-state index is 0.276. The van der Waals surface area contributed by atoms with E-state index in [1.54, 1.807) is 6.07 Å². The number of aromatic nitrogens is 2. The maximum atomic E-state index is 5.68. The summed E-state index contributed by atoms with van der Waals surface area (Å²) in [5.74, 6) is 2.84. The number of nitrogens with one attached hydrogen (secondary N) is 1. The van der Waals surface area contributed by atoms with Crippen LogP contribution in [0, 0.1) is 0 Å². The molecule has 1 aliphatic heterocycles. The lowest BCUT2D eigenvalue weighted by Gasteiger charge is -2.08. The van der Waals surface area contributed by atoms with E-state index in [0.717, 1.165) is 35.8 Å². The Labute approximate surface area is 123 Å². The van der Waals surface area contributed by atoms with Gasteiger partial charge in [0.1, 0.15) is 18.8 Å². The second-order valence-electron chi connectivity index (χ2n) is 4.64. The van der Waals surface area contributed by atoms with Crippen molar-refractivity contribution in [3.8, 4) is 17.4 Å². The van der Waals surface area contributed by atoms with Crippen LogP contribution in [0.4, 0.5) is 5.82 Å². The van der Waals surface area contributed by atoms with E-state index in [1.165, 1.54) is 6.33 Å². The molecule has 1 aliphatic rings. The molecule has 0 fully saturated rings. The SMILES string of the molecule is CCCNc1cc(OCc2ccc3c(c2)OCO3)ncn1. The monoisotopic (exact) mass is 287 g/mol. The highest BCUT2D eigenvalue weighted by Crippen LogP contribution is 2.32. The molecule has 1 aromatic carbocycles. The van der Waals surface area contributed by atoms with Crippen molar-refractivity contribution in [2.45, 2.75) is 20.0 Å². The molecule has 2 aromatic rings. The molecule has 3 rings (SSSR count). The molecule has 0 atom stereocenters. The molecule has 0 radical (unpaired) electrons. The Morgan fingerprint density at radius 3 is 3.00 bits per heavy atom. The Hall–Kier alpha value is -2.50. The lowest BCUT2D eigenvalue weighted by molar-refractivity contribution is 0.174. The van der Waals surface area contributed by atoms with E-state index < -0.39 is 0 Å². The van der Waals surface area contributed by atoms with Crippen molar-refractivity contribution in [3.05, 3.63) is 36.2 Å². The maximum absolute atomic E-state index is 5.68. The van der Waals surface area contributed by atoms with Gasteiger partial charge in [0, 0.05) is 12.6 Å². The molecule has 0 bridgehead atoms. The highest BCUT2D eigenvalue weighted by atomic mass is 16.7. The van der Waals surface area contributed by atoms with Crippen molar-refractivity contribution < 1.29 is 14.2 Å². The molecular formula is C15H17N3O3. The number of hydrogen-bond donors (Lipinski definition) is 1. The van der Waals surface area contributed by atoms with Crippen molar-refractivity contribution in [2.75, 3.05) is 18.7 Å². The highest BCUT2D eigenvalue weighted by Gasteiger charge is 2.13. The summed E-state index contributed by atoms with van der Waals surface area (Å²) in [7, 11) is 0. The Balaban J connectivity index is 1.62. The summed E-state index contributed by atoms with van der Waals surface area (Å²) in [6, 6.07) is 7.54. The largest absolute Gasteiger partial charge is 0.473 e. The van der Waals surface area contributed by atoms with Gasteiger partial charge in [0.25, 0.3) is 0 Å². The fraction of sp³-hybridized carbons (Fsp3) is 0.333. The number of nitrogens with zero attached hydrogens (tertiary/aromatic N) is 2. The van der Waals surface area contributed by atoms with Gasteiger partial charge in [-0.25, -0.2) is 9.97 Å². The maximum Gasteiger partial charge on any atom is 0.231 e. The molecule has 6 heteroatoms. The number of fused-ring (bicyclic) bond motifs is 1. The molecule has 0 aliphatic carbocycles. The van der Waals surface area contributed by atoms with Crippen LogP contribution in [0.25, 0.3) is 0 Å². The third-order valence-electron chi connectivity index (χ3n) is 3.02. The third kappa shape index (κ3) is 3.34. The lowest BCUT2D eigenvalue weighted by atomic mass is 10.2. The second kappa shape index (κ2) is 6.30. The third-order valence-corrected chi connectivity index (χ3v) is 3.02. The molecule has 6 nitrogen and oxygen atoms in total. The van der Waals surface area contributed by atoms with E-state index in [9.17, 15) is 0 Å². The molecule has 1 aromatic heterocycles. The van der Waals surface area contributed by atoms with Gasteiger partial charge in [-0.3, -0.25) is 0 Å². The standard InChI is InChI=1S/C15H17N3O3/c1-2-5-16-14-7-15(18-9-17-14)19-8-11-3-4-12-13(6-11)21-10-20-12/h3-4,6-7,9H,2,5,8,10H2,1H3,(H,16,17,18). The van der Waals surface area contributed by atoms with E-state index in [-0.39, 0.29) is 6.79 Å². The van der Waals surface area contributed by atoms with Gasteiger partial charge in [-0.2, -0.15) is 0 Å². The van der Waals surface area contributed by atoms with Gasteiger partial charge in [0.05, 0.1) is 0 Å². The number of anilines is 1. The summed E-state index contributed by atoms with van der Waals surface area (Å²) in [5, 5.41) is 3.20. The molecule has 1 N–H and O–H groups in total. The Bertz CT molecular complexity index is 619. The first kappa shape index (κ1) is 13.5. The fourth-order valence-electron chi connectivity index (χ4n) is 1.96. The van der Waals surface area contributed by atoms with Crippen LogP contribution in [0.3, 0.4) is 0 Å². The second-order valence-corrected chi connectivity index (χ2v) is 4.64. The summed E-state index contributed by atoms with van der Waals surface area (Å²) < 4.78 is 16.3. The molecule has 21 heavy (non-hydrogen) atoms. The number of hydrogen-bond acceptors (Lipinski definition) is 6. The van der Waals surface area contributed by atoms with Gasteiger partial charge in [0.2, 0.25) is 12.7 Å². The van der Waals surface area contributed by atoms with Gasteiger partial charge in [-0.1, -0.05) is 13.0 Å². The first-order valence-corrected chi connectivity index (χ1v) is 6.92. The van der Waals surface area contributed by atoms with Crippen LogP contribution in [0.5, 0.6) is 17.4 Å². The lowest BCUT2D eigenvalue weighted by Crippen LogP contribution is -2.03. The minimum absolute atomic E-state index is 0.276. The van der Waals surface area contributed by atoms with Crippen LogP contribution in [0.1, 0.15) is 18.9 Å². The smallest absolute Gasteiger partial charge is 0.231 e. The van der Waals surface area contributed by atoms with Crippen molar-refractivity contribution in [3.63, 3.8) is 0 Å². The highest BCUT2D eigenvalue weighted by molar-refractivity contribution is 5.44. The van der Waals surface area contributed by atoms with Crippen molar-refractivity contribution >= 4 is 5.82 Å². The first-order chi connectivity index (χ1) is 10.3. The van der Waals surface area contributed by atoms with E-state index in [2.05, 4.69) is 22.2 Å². The molecule has 2 heterocycles. The zero-order valence-corrected chi connectivity index (χ0v) is 11.8. The normalized spacial score (nSPS) is 12.2. The molecule has 110 valence electrons. The predicted octanol–water partition coefficient (Wildman–Crippen LogP) is 2.61. The van der Waals surface area contributed by atoms with Gasteiger partial charge in [-0.15, -0.1) is 0 Å². The van der Waals surface area contributed by atoms with Crippen LogP contribution < -0.4 is 19.5 Å². The van der Waals surface area contributed by atoms with Crippen LogP contribution in [-0.4, -0.2) is 23.3 Å². The van der Waals surface area contributed by atoms with Crippen LogP contribution in [-0.2, 0) is 6.61 Å². The van der Waals surface area contributed by atoms with Crippen molar-refractivity contribution in [1.29, 1.82) is 0 Å². The summed E-state index contributed by atoms with van der Waals surface area (Å²) >= 11 is 0. The number of ether oxygens (including phenoxy) is 3. The van der Waals surface area contributed by atoms with E-state index in [1.807, 2.05) is 18.2 Å². The molecule has 0 spiro atoms. The minimum Gasteiger partial charge on any atom is -0.473 e. The van der Waals surface area contributed by atoms with Gasteiger partial charge in [-0.05, 0) is 24.1 Å². The van der Waals surface area contributed by atoms with Gasteiger partial charge >= 0.3 is 0 Å². The zero-order chi connectivity index (χ0) is 14.5. The Kier molecular flexibility index (Phi) is 4.04. The fourth-order valence-corrected chi connectivity index (χ4v) is 1.96. The number of benzene rings is 1.